The number of hydrogen-bond acceptors (Lipinski definition) is 3. The Kier molecular flexibility index (Phi) is 3.36. The molecule has 1 heterocycles. The van der Waals surface area contributed by atoms with Crippen molar-refractivity contribution in [3.8, 4) is 0 Å². The molecule has 0 aromatic heterocycles. The van der Waals surface area contributed by atoms with E-state index in [0.29, 0.717) is 25.9 Å². The Bertz CT molecular complexity index is 358. The second-order valence-corrected chi connectivity index (χ2v) is 5.85. The van der Waals surface area contributed by atoms with Crippen molar-refractivity contribution in [3.63, 3.8) is 0 Å². The Morgan fingerprint density at radius 3 is 2.39 bits per heavy atom. The maximum atomic E-state index is 12.2. The van der Waals surface area contributed by atoms with E-state index in [9.17, 15) is 9.59 Å². The molecule has 1 aliphatic carbocycles. The van der Waals surface area contributed by atoms with E-state index in [-0.39, 0.29) is 11.5 Å². The Balaban J connectivity index is 1.93. The van der Waals surface area contributed by atoms with Gasteiger partial charge in [-0.3, -0.25) is 9.59 Å². The fourth-order valence-electron chi connectivity index (χ4n) is 2.76. The number of carboxylic acids is 1. The van der Waals surface area contributed by atoms with Crippen LogP contribution in [-0.2, 0) is 14.3 Å². The van der Waals surface area contributed by atoms with Crippen LogP contribution in [0.15, 0.2) is 0 Å². The molecule has 0 radical (unpaired) electrons. The lowest BCUT2D eigenvalue weighted by Crippen LogP contribution is -2.45. The van der Waals surface area contributed by atoms with Gasteiger partial charge in [-0.25, -0.2) is 0 Å². The number of ether oxygens (including phenoxy) is 1. The molecule has 1 unspecified atom stereocenters. The number of amides is 1. The van der Waals surface area contributed by atoms with Crippen LogP contribution in [-0.4, -0.2) is 47.7 Å². The first-order chi connectivity index (χ1) is 8.41. The van der Waals surface area contributed by atoms with E-state index in [0.717, 1.165) is 19.3 Å². The predicted molar refractivity (Wildman–Crippen MR) is 65.1 cm³/mol. The van der Waals surface area contributed by atoms with Crippen LogP contribution in [0.3, 0.4) is 0 Å². The maximum absolute atomic E-state index is 12.2. The number of nitrogens with zero attached hydrogens (tertiary/aromatic N) is 1. The summed E-state index contributed by atoms with van der Waals surface area (Å²) in [4.78, 5) is 25.0. The number of carboxylic acid groups (broad SMARTS) is 1. The Labute approximate surface area is 107 Å². The molecule has 5 heteroatoms. The van der Waals surface area contributed by atoms with E-state index in [1.807, 2.05) is 0 Å². The van der Waals surface area contributed by atoms with E-state index >= 15 is 0 Å². The molecular weight excluding hydrogens is 234 g/mol. The topological polar surface area (TPSA) is 66.8 Å². The van der Waals surface area contributed by atoms with Crippen LogP contribution < -0.4 is 0 Å². The molecule has 2 fully saturated rings. The first kappa shape index (κ1) is 13.3. The lowest BCUT2D eigenvalue weighted by Gasteiger charge is -2.40. The van der Waals surface area contributed by atoms with Gasteiger partial charge in [0, 0.05) is 20.2 Å². The summed E-state index contributed by atoms with van der Waals surface area (Å²) in [5.41, 5.74) is -1.06. The fourth-order valence-corrected chi connectivity index (χ4v) is 2.76. The third-order valence-corrected chi connectivity index (χ3v) is 4.51. The highest BCUT2D eigenvalue weighted by Gasteiger charge is 2.45. The summed E-state index contributed by atoms with van der Waals surface area (Å²) in [6, 6.07) is 0. The number of likely N-dealkylation sites (tertiary alicyclic amines) is 1. The number of hydrogen-bond donors (Lipinski definition) is 1. The van der Waals surface area contributed by atoms with Crippen molar-refractivity contribution < 1.29 is 19.4 Å². The molecule has 1 saturated heterocycles. The Hall–Kier alpha value is -1.10. The normalized spacial score (nSPS) is 30.0. The van der Waals surface area contributed by atoms with Gasteiger partial charge in [-0.05, 0) is 32.6 Å². The molecular formula is C13H21NO4. The Morgan fingerprint density at radius 2 is 2.00 bits per heavy atom. The molecule has 1 aliphatic heterocycles. The van der Waals surface area contributed by atoms with Crippen LogP contribution in [0.5, 0.6) is 0 Å². The third kappa shape index (κ3) is 2.23. The van der Waals surface area contributed by atoms with Crippen molar-refractivity contribution in [2.75, 3.05) is 20.2 Å². The number of carbonyl (C=O) groups excluding carboxylic acids is 1. The molecule has 0 bridgehead atoms. The molecule has 0 aromatic rings. The summed E-state index contributed by atoms with van der Waals surface area (Å²) in [6.45, 7) is 2.57. The SMILES string of the molecule is COC1(CC(=O)N2CCC(C)(C(=O)O)C2)CCC1. The minimum Gasteiger partial charge on any atom is -0.481 e. The van der Waals surface area contributed by atoms with Crippen molar-refractivity contribution in [1.82, 2.24) is 4.90 Å². The number of carbonyl (C=O) groups is 2. The molecule has 102 valence electrons. The predicted octanol–water partition coefficient (Wildman–Crippen LogP) is 1.27. The molecule has 1 N–H and O–H groups in total. The summed E-state index contributed by atoms with van der Waals surface area (Å²) in [5.74, 6) is -0.788. The van der Waals surface area contributed by atoms with Crippen LogP contribution in [0.25, 0.3) is 0 Å². The smallest absolute Gasteiger partial charge is 0.311 e. The first-order valence-corrected chi connectivity index (χ1v) is 6.47. The van der Waals surface area contributed by atoms with E-state index in [4.69, 9.17) is 9.84 Å². The molecule has 1 saturated carbocycles. The van der Waals surface area contributed by atoms with Crippen molar-refractivity contribution in [3.05, 3.63) is 0 Å². The van der Waals surface area contributed by atoms with Gasteiger partial charge in [0.05, 0.1) is 17.4 Å². The Morgan fingerprint density at radius 1 is 1.33 bits per heavy atom. The van der Waals surface area contributed by atoms with E-state index in [1.54, 1.807) is 18.9 Å². The monoisotopic (exact) mass is 255 g/mol. The maximum Gasteiger partial charge on any atom is 0.311 e. The van der Waals surface area contributed by atoms with Gasteiger partial charge in [-0.15, -0.1) is 0 Å². The molecule has 1 amide bonds. The standard InChI is InChI=1S/C13H21NO4/c1-12(11(16)17)6-7-14(9-12)10(15)8-13(18-2)4-3-5-13/h3-9H2,1-2H3,(H,16,17). The second kappa shape index (κ2) is 4.53. The molecule has 0 aromatic carbocycles. The highest BCUT2D eigenvalue weighted by molar-refractivity contribution is 5.81. The van der Waals surface area contributed by atoms with Crippen LogP contribution in [0, 0.1) is 5.41 Å². The van der Waals surface area contributed by atoms with Gasteiger partial charge in [-0.2, -0.15) is 0 Å². The van der Waals surface area contributed by atoms with Crippen LogP contribution in [0.4, 0.5) is 0 Å². The summed E-state index contributed by atoms with van der Waals surface area (Å²) >= 11 is 0. The number of aliphatic carboxylic acids is 1. The molecule has 2 rings (SSSR count). The lowest BCUT2D eigenvalue weighted by atomic mass is 9.77. The second-order valence-electron chi connectivity index (χ2n) is 5.85. The molecule has 1 atom stereocenters. The van der Waals surface area contributed by atoms with E-state index in [2.05, 4.69) is 0 Å². The van der Waals surface area contributed by atoms with Gasteiger partial charge in [-0.1, -0.05) is 0 Å². The number of methoxy groups -OCH3 is 1. The van der Waals surface area contributed by atoms with Crippen LogP contribution in [0.1, 0.15) is 39.0 Å². The average molecular weight is 255 g/mol. The van der Waals surface area contributed by atoms with Gasteiger partial charge in [0.15, 0.2) is 0 Å². The van der Waals surface area contributed by atoms with Gasteiger partial charge in [0.2, 0.25) is 5.91 Å². The third-order valence-electron chi connectivity index (χ3n) is 4.51. The van der Waals surface area contributed by atoms with Crippen molar-refractivity contribution in [1.29, 1.82) is 0 Å². The lowest BCUT2D eigenvalue weighted by molar-refractivity contribution is -0.148. The molecule has 5 nitrogen and oxygen atoms in total. The van der Waals surface area contributed by atoms with Gasteiger partial charge in [0.1, 0.15) is 0 Å². The minimum atomic E-state index is -0.817. The van der Waals surface area contributed by atoms with Crippen LogP contribution in [0.2, 0.25) is 0 Å². The van der Waals surface area contributed by atoms with Gasteiger partial charge >= 0.3 is 5.97 Å². The molecule has 0 spiro atoms. The van der Waals surface area contributed by atoms with Crippen LogP contribution >= 0.6 is 0 Å². The zero-order valence-corrected chi connectivity index (χ0v) is 11.1. The highest BCUT2D eigenvalue weighted by atomic mass is 16.5. The quantitative estimate of drug-likeness (QED) is 0.821. The average Bonchev–Trinajstić information content (AvgIpc) is 2.68. The van der Waals surface area contributed by atoms with Gasteiger partial charge in [0.25, 0.3) is 0 Å². The molecule has 2 aliphatic rings. The fraction of sp³-hybridized carbons (Fsp3) is 0.846. The summed E-state index contributed by atoms with van der Waals surface area (Å²) in [6.07, 6.45) is 3.89. The van der Waals surface area contributed by atoms with Crippen molar-refractivity contribution in [2.24, 2.45) is 5.41 Å². The zero-order chi connectivity index (χ0) is 13.4. The zero-order valence-electron chi connectivity index (χ0n) is 11.1. The van der Waals surface area contributed by atoms with Crippen molar-refractivity contribution in [2.45, 2.75) is 44.6 Å². The number of rotatable bonds is 4. The van der Waals surface area contributed by atoms with E-state index in [1.165, 1.54) is 0 Å². The van der Waals surface area contributed by atoms with E-state index < -0.39 is 11.4 Å². The first-order valence-electron chi connectivity index (χ1n) is 6.47. The van der Waals surface area contributed by atoms with Crippen molar-refractivity contribution >= 4 is 11.9 Å². The minimum absolute atomic E-state index is 0.0292. The van der Waals surface area contributed by atoms with Gasteiger partial charge < -0.3 is 14.7 Å². The summed E-state index contributed by atoms with van der Waals surface area (Å²) < 4.78 is 5.44. The molecule has 18 heavy (non-hydrogen) atoms. The summed E-state index contributed by atoms with van der Waals surface area (Å²) in [5, 5.41) is 9.15. The largest absolute Gasteiger partial charge is 0.481 e. The highest BCUT2D eigenvalue weighted by Crippen LogP contribution is 2.39. The summed E-state index contributed by atoms with van der Waals surface area (Å²) in [7, 11) is 1.65.